The van der Waals surface area contributed by atoms with Crippen LogP contribution < -0.4 is 16.0 Å². The van der Waals surface area contributed by atoms with E-state index in [9.17, 15) is 0 Å². The van der Waals surface area contributed by atoms with Gasteiger partial charge in [-0.1, -0.05) is 18.2 Å². The minimum Gasteiger partial charge on any atom is -0.385 e. The van der Waals surface area contributed by atoms with E-state index in [1.54, 1.807) is 0 Å². The Morgan fingerprint density at radius 3 is 2.04 bits per heavy atom. The van der Waals surface area contributed by atoms with Gasteiger partial charge < -0.3 is 16.0 Å². The van der Waals surface area contributed by atoms with Crippen LogP contribution >= 0.6 is 24.0 Å². The van der Waals surface area contributed by atoms with Crippen LogP contribution in [0.3, 0.4) is 0 Å². The van der Waals surface area contributed by atoms with E-state index < -0.39 is 0 Å². The van der Waals surface area contributed by atoms with E-state index in [0.29, 0.717) is 12.1 Å². The fourth-order valence-corrected chi connectivity index (χ4v) is 2.89. The van der Waals surface area contributed by atoms with Crippen LogP contribution in [0.2, 0.25) is 0 Å². The number of nitrogens with one attached hydrogen (secondary N) is 3. The average Bonchev–Trinajstić information content (AvgIpc) is 2.59. The van der Waals surface area contributed by atoms with Gasteiger partial charge in [0.2, 0.25) is 0 Å². The van der Waals surface area contributed by atoms with Crippen molar-refractivity contribution in [2.75, 3.05) is 38.5 Å². The molecule has 0 aromatic heterocycles. The zero-order chi connectivity index (χ0) is 18.5. The summed E-state index contributed by atoms with van der Waals surface area (Å²) >= 11 is 0. The molecule has 0 spiro atoms. The normalized spacial score (nSPS) is 11.6. The van der Waals surface area contributed by atoms with E-state index >= 15 is 0 Å². The van der Waals surface area contributed by atoms with Crippen LogP contribution in [0, 0.1) is 0 Å². The van der Waals surface area contributed by atoms with Crippen LogP contribution in [-0.2, 0) is 0 Å². The molecule has 0 aliphatic heterocycles. The Labute approximate surface area is 177 Å². The number of aliphatic imine (C=N–C) groups is 1. The van der Waals surface area contributed by atoms with Gasteiger partial charge in [-0.25, -0.2) is 0 Å². The number of benzene rings is 1. The van der Waals surface area contributed by atoms with E-state index in [1.807, 2.05) is 25.2 Å². The Hall–Kier alpha value is -1.02. The molecule has 0 aliphatic rings. The SMILES string of the molecule is CN=C(NCCCNc1ccccc1)NCCCN(C(C)C)C(C)C.I. The summed E-state index contributed by atoms with van der Waals surface area (Å²) in [5.41, 5.74) is 1.17. The van der Waals surface area contributed by atoms with Crippen molar-refractivity contribution in [3.63, 3.8) is 0 Å². The molecule has 0 fully saturated rings. The minimum absolute atomic E-state index is 0. The van der Waals surface area contributed by atoms with Crippen molar-refractivity contribution < 1.29 is 0 Å². The number of hydrogen-bond donors (Lipinski definition) is 3. The first-order valence-electron chi connectivity index (χ1n) is 9.53. The number of guanidine groups is 1. The van der Waals surface area contributed by atoms with Crippen molar-refractivity contribution in [3.05, 3.63) is 30.3 Å². The molecule has 0 amide bonds. The monoisotopic (exact) mass is 475 g/mol. The van der Waals surface area contributed by atoms with Crippen LogP contribution in [0.5, 0.6) is 0 Å². The Kier molecular flexibility index (Phi) is 14.5. The van der Waals surface area contributed by atoms with Crippen molar-refractivity contribution in [2.24, 2.45) is 4.99 Å². The Morgan fingerprint density at radius 1 is 0.923 bits per heavy atom. The maximum absolute atomic E-state index is 4.29. The van der Waals surface area contributed by atoms with Gasteiger partial charge in [0, 0.05) is 51.0 Å². The number of para-hydroxylation sites is 1. The second-order valence-corrected chi connectivity index (χ2v) is 6.85. The largest absolute Gasteiger partial charge is 0.385 e. The van der Waals surface area contributed by atoms with Gasteiger partial charge >= 0.3 is 0 Å². The van der Waals surface area contributed by atoms with Crippen molar-refractivity contribution in [2.45, 2.75) is 52.6 Å². The van der Waals surface area contributed by atoms with Gasteiger partial charge in [0.15, 0.2) is 5.96 Å². The zero-order valence-electron chi connectivity index (χ0n) is 17.1. The van der Waals surface area contributed by atoms with Gasteiger partial charge in [-0.3, -0.25) is 9.89 Å². The third kappa shape index (κ3) is 10.9. The lowest BCUT2D eigenvalue weighted by Crippen LogP contribution is -2.41. The van der Waals surface area contributed by atoms with Crippen LogP contribution in [0.15, 0.2) is 35.3 Å². The smallest absolute Gasteiger partial charge is 0.190 e. The summed E-state index contributed by atoms with van der Waals surface area (Å²) in [5.74, 6) is 0.889. The molecule has 26 heavy (non-hydrogen) atoms. The Bertz CT molecular complexity index is 468. The van der Waals surface area contributed by atoms with Gasteiger partial charge in [-0.15, -0.1) is 24.0 Å². The fourth-order valence-electron chi connectivity index (χ4n) is 2.89. The van der Waals surface area contributed by atoms with Crippen LogP contribution in [0.25, 0.3) is 0 Å². The summed E-state index contributed by atoms with van der Waals surface area (Å²) in [5, 5.41) is 10.2. The van der Waals surface area contributed by atoms with Gasteiger partial charge in [0.1, 0.15) is 0 Å². The number of anilines is 1. The number of rotatable bonds is 11. The molecule has 3 N–H and O–H groups in total. The van der Waals surface area contributed by atoms with E-state index in [2.05, 4.69) is 65.7 Å². The van der Waals surface area contributed by atoms with Crippen molar-refractivity contribution in [1.29, 1.82) is 0 Å². The van der Waals surface area contributed by atoms with Crippen molar-refractivity contribution in [3.8, 4) is 0 Å². The van der Waals surface area contributed by atoms with Crippen molar-refractivity contribution >= 4 is 35.6 Å². The molecule has 0 bridgehead atoms. The molecule has 0 radical (unpaired) electrons. The number of halogens is 1. The summed E-state index contributed by atoms with van der Waals surface area (Å²) in [4.78, 5) is 6.81. The zero-order valence-corrected chi connectivity index (χ0v) is 19.4. The molecule has 5 nitrogen and oxygen atoms in total. The molecule has 0 saturated heterocycles. The molecular formula is C20H38IN5. The molecule has 6 heteroatoms. The lowest BCUT2D eigenvalue weighted by Gasteiger charge is -2.30. The fraction of sp³-hybridized carbons (Fsp3) is 0.650. The van der Waals surface area contributed by atoms with Crippen LogP contribution in [0.4, 0.5) is 5.69 Å². The van der Waals surface area contributed by atoms with E-state index in [0.717, 1.165) is 45.0 Å². The lowest BCUT2D eigenvalue weighted by atomic mass is 10.2. The quantitative estimate of drug-likeness (QED) is 0.197. The summed E-state index contributed by atoms with van der Waals surface area (Å²) in [6.45, 7) is 13.0. The topological polar surface area (TPSA) is 51.7 Å². The molecular weight excluding hydrogens is 437 g/mol. The third-order valence-electron chi connectivity index (χ3n) is 4.18. The third-order valence-corrected chi connectivity index (χ3v) is 4.18. The second-order valence-electron chi connectivity index (χ2n) is 6.85. The van der Waals surface area contributed by atoms with Gasteiger partial charge in [-0.05, 0) is 52.7 Å². The average molecular weight is 475 g/mol. The highest BCUT2D eigenvalue weighted by Gasteiger charge is 2.12. The van der Waals surface area contributed by atoms with Crippen LogP contribution in [-0.4, -0.2) is 56.2 Å². The van der Waals surface area contributed by atoms with E-state index in [-0.39, 0.29) is 24.0 Å². The highest BCUT2D eigenvalue weighted by Crippen LogP contribution is 2.05. The second kappa shape index (κ2) is 15.1. The molecule has 0 heterocycles. The van der Waals surface area contributed by atoms with E-state index in [1.165, 1.54) is 5.69 Å². The highest BCUT2D eigenvalue weighted by molar-refractivity contribution is 14.0. The molecule has 1 aromatic rings. The first kappa shape index (κ1) is 25.0. The predicted molar refractivity (Wildman–Crippen MR) is 126 cm³/mol. The molecule has 0 saturated carbocycles. The Morgan fingerprint density at radius 2 is 1.50 bits per heavy atom. The lowest BCUT2D eigenvalue weighted by molar-refractivity contribution is 0.173. The van der Waals surface area contributed by atoms with Gasteiger partial charge in [-0.2, -0.15) is 0 Å². The first-order valence-corrected chi connectivity index (χ1v) is 9.53. The summed E-state index contributed by atoms with van der Waals surface area (Å²) in [6.07, 6.45) is 2.16. The van der Waals surface area contributed by atoms with Gasteiger partial charge in [0.05, 0.1) is 0 Å². The maximum atomic E-state index is 4.29. The summed E-state index contributed by atoms with van der Waals surface area (Å²) in [6, 6.07) is 11.5. The number of hydrogen-bond acceptors (Lipinski definition) is 3. The molecule has 150 valence electrons. The molecule has 1 aromatic carbocycles. The highest BCUT2D eigenvalue weighted by atomic mass is 127. The molecule has 0 atom stereocenters. The minimum atomic E-state index is 0. The van der Waals surface area contributed by atoms with E-state index in [4.69, 9.17) is 0 Å². The Balaban J connectivity index is 0.00000625. The standard InChI is InChI=1S/C20H37N5.HI/c1-17(2)25(18(3)4)16-10-15-24-20(21-5)23-14-9-13-22-19-11-7-6-8-12-19;/h6-8,11-12,17-18,22H,9-10,13-16H2,1-5H3,(H2,21,23,24);1H. The van der Waals surface area contributed by atoms with Gasteiger partial charge in [0.25, 0.3) is 0 Å². The summed E-state index contributed by atoms with van der Waals surface area (Å²) < 4.78 is 0. The molecule has 1 rings (SSSR count). The predicted octanol–water partition coefficient (Wildman–Crippen LogP) is 3.78. The summed E-state index contributed by atoms with van der Waals surface area (Å²) in [7, 11) is 1.83. The van der Waals surface area contributed by atoms with Crippen molar-refractivity contribution in [1.82, 2.24) is 15.5 Å². The van der Waals surface area contributed by atoms with Crippen LogP contribution in [0.1, 0.15) is 40.5 Å². The maximum Gasteiger partial charge on any atom is 0.190 e. The molecule has 0 aliphatic carbocycles. The number of nitrogens with zero attached hydrogens (tertiary/aromatic N) is 2. The first-order chi connectivity index (χ1) is 12.0. The molecule has 0 unspecified atom stereocenters.